The predicted molar refractivity (Wildman–Crippen MR) is 29.0 cm³/mol. The van der Waals surface area contributed by atoms with E-state index in [1.165, 1.54) is 0 Å². The summed E-state index contributed by atoms with van der Waals surface area (Å²) in [5, 5.41) is 0. The molecule has 0 spiro atoms. The fraction of sp³-hybridized carbons (Fsp3) is 0.333. The van der Waals surface area contributed by atoms with Gasteiger partial charge in [0, 0.05) is 0 Å². The quantitative estimate of drug-likeness (QED) is 0.261. The summed E-state index contributed by atoms with van der Waals surface area (Å²) >= 11 is 0. The number of esters is 1. The van der Waals surface area contributed by atoms with Gasteiger partial charge in [-0.05, 0) is 6.92 Å². The van der Waals surface area contributed by atoms with Gasteiger partial charge in [0.1, 0.15) is 0 Å². The normalized spacial score (nSPS) is 27.4. The smallest absolute Gasteiger partial charge is 0.219 e. The molecule has 0 aromatic carbocycles. The predicted octanol–water partition coefficient (Wildman–Crippen LogP) is 0.692. The number of carbonyl (C=O) groups excluding carboxylic acids is 1. The van der Waals surface area contributed by atoms with Crippen molar-refractivity contribution in [2.24, 2.45) is 0 Å². The molecule has 1 heterocycles. The van der Waals surface area contributed by atoms with Crippen LogP contribution in [0.4, 0.5) is 0 Å². The van der Waals surface area contributed by atoms with Gasteiger partial charge in [-0.3, -0.25) is 0 Å². The Bertz CT molecular complexity index is 121. The molecule has 44 valence electrons. The number of rotatable bonds is 0. The van der Waals surface area contributed by atoms with E-state index < -0.39 is 0 Å². The number of hydrogen-bond donors (Lipinski definition) is 0. The molecule has 1 rings (SSSR count). The van der Waals surface area contributed by atoms with Crippen molar-refractivity contribution in [2.45, 2.75) is 13.0 Å². The molecule has 0 amide bonds. The van der Waals surface area contributed by atoms with Gasteiger partial charge in [-0.2, -0.15) is 6.58 Å². The maximum Gasteiger partial charge on any atom is 0.219 e. The van der Waals surface area contributed by atoms with Gasteiger partial charge >= 0.3 is 0 Å². The second-order valence-corrected chi connectivity index (χ2v) is 1.80. The van der Waals surface area contributed by atoms with Crippen LogP contribution in [-0.4, -0.2) is 12.1 Å². The van der Waals surface area contributed by atoms with Crippen molar-refractivity contribution in [2.75, 3.05) is 0 Å². The van der Waals surface area contributed by atoms with Crippen LogP contribution < -0.4 is 0 Å². The average molecular weight is 111 g/mol. The van der Waals surface area contributed by atoms with Crippen LogP contribution in [0.2, 0.25) is 0 Å². The first-order valence-corrected chi connectivity index (χ1v) is 2.45. The lowest BCUT2D eigenvalue weighted by Crippen LogP contribution is -1.99. The summed E-state index contributed by atoms with van der Waals surface area (Å²) in [6, 6.07) is 0. The minimum Gasteiger partial charge on any atom is -0.525 e. The summed E-state index contributed by atoms with van der Waals surface area (Å²) < 4.78 is 4.68. The van der Waals surface area contributed by atoms with Crippen LogP contribution in [0.5, 0.6) is 0 Å². The highest BCUT2D eigenvalue weighted by Gasteiger charge is 2.12. The third kappa shape index (κ3) is 0.689. The van der Waals surface area contributed by atoms with Crippen LogP contribution in [-0.2, 0) is 9.53 Å². The Morgan fingerprint density at radius 2 is 2.50 bits per heavy atom. The van der Waals surface area contributed by atoms with Crippen LogP contribution in [0.1, 0.15) is 6.92 Å². The highest BCUT2D eigenvalue weighted by molar-refractivity contribution is 5.92. The van der Waals surface area contributed by atoms with E-state index in [1.807, 2.05) is 0 Å². The van der Waals surface area contributed by atoms with Crippen molar-refractivity contribution < 1.29 is 9.53 Å². The fourth-order valence-corrected chi connectivity index (χ4v) is 0.630. The SMILES string of the molecule is C=C1[CH-]C(C)OC1=O. The minimum absolute atomic E-state index is 0.0741. The van der Waals surface area contributed by atoms with Crippen molar-refractivity contribution in [3.8, 4) is 0 Å². The van der Waals surface area contributed by atoms with Gasteiger partial charge in [0.15, 0.2) is 0 Å². The van der Waals surface area contributed by atoms with Crippen molar-refractivity contribution in [1.82, 2.24) is 0 Å². The Morgan fingerprint density at radius 1 is 1.88 bits per heavy atom. The maximum absolute atomic E-state index is 10.4. The minimum atomic E-state index is -0.294. The Labute approximate surface area is 48.1 Å². The second-order valence-electron chi connectivity index (χ2n) is 1.80. The van der Waals surface area contributed by atoms with Crippen LogP contribution in [0, 0.1) is 6.42 Å². The number of cyclic esters (lactones) is 1. The first kappa shape index (κ1) is 5.22. The van der Waals surface area contributed by atoms with E-state index in [0.717, 1.165) is 0 Å². The van der Waals surface area contributed by atoms with E-state index in [2.05, 4.69) is 11.3 Å². The van der Waals surface area contributed by atoms with Crippen LogP contribution in [0.15, 0.2) is 12.2 Å². The molecule has 0 N–H and O–H groups in total. The van der Waals surface area contributed by atoms with E-state index >= 15 is 0 Å². The van der Waals surface area contributed by atoms with Gasteiger partial charge in [-0.15, -0.1) is 12.0 Å². The first-order chi connectivity index (χ1) is 3.70. The first-order valence-electron chi connectivity index (χ1n) is 2.45. The van der Waals surface area contributed by atoms with Gasteiger partial charge in [-0.25, -0.2) is 0 Å². The molecule has 2 heteroatoms. The Kier molecular flexibility index (Phi) is 1.01. The number of ether oxygens (including phenoxy) is 1. The molecule has 1 aliphatic rings. The molecule has 2 nitrogen and oxygen atoms in total. The molecular weight excluding hydrogens is 104 g/mol. The van der Waals surface area contributed by atoms with E-state index in [-0.39, 0.29) is 12.1 Å². The molecule has 0 saturated carbocycles. The monoisotopic (exact) mass is 111 g/mol. The zero-order valence-corrected chi connectivity index (χ0v) is 4.68. The van der Waals surface area contributed by atoms with Crippen molar-refractivity contribution in [3.63, 3.8) is 0 Å². The summed E-state index contributed by atoms with van der Waals surface area (Å²) in [5.74, 6) is -0.294. The van der Waals surface area contributed by atoms with Gasteiger partial charge in [0.25, 0.3) is 0 Å². The summed E-state index contributed by atoms with van der Waals surface area (Å²) in [5.41, 5.74) is 0.470. The molecule has 0 radical (unpaired) electrons. The Balaban J connectivity index is 2.64. The van der Waals surface area contributed by atoms with Crippen LogP contribution >= 0.6 is 0 Å². The summed E-state index contributed by atoms with van der Waals surface area (Å²) in [6.45, 7) is 5.26. The standard InChI is InChI=1S/C6H7O2/c1-4-3-5(2)8-6(4)7/h3,5H,1H2,2H3/q-1. The van der Waals surface area contributed by atoms with E-state index in [9.17, 15) is 4.79 Å². The molecule has 0 aromatic rings. The summed E-state index contributed by atoms with van der Waals surface area (Å²) in [4.78, 5) is 10.4. The van der Waals surface area contributed by atoms with Crippen LogP contribution in [0.3, 0.4) is 0 Å². The third-order valence-electron chi connectivity index (χ3n) is 0.991. The molecule has 0 aliphatic carbocycles. The largest absolute Gasteiger partial charge is 0.525 e. The molecular formula is C6H7O2-. The van der Waals surface area contributed by atoms with E-state index in [4.69, 9.17) is 0 Å². The number of carbonyl (C=O) groups is 1. The van der Waals surface area contributed by atoms with Gasteiger partial charge in [-0.1, -0.05) is 0 Å². The lowest BCUT2D eigenvalue weighted by molar-refractivity contribution is -0.137. The molecule has 1 atom stereocenters. The molecule has 1 fully saturated rings. The van der Waals surface area contributed by atoms with Crippen molar-refractivity contribution >= 4 is 5.97 Å². The summed E-state index contributed by atoms with van der Waals surface area (Å²) in [6.07, 6.45) is 1.62. The zero-order valence-electron chi connectivity index (χ0n) is 4.68. The van der Waals surface area contributed by atoms with Crippen LogP contribution in [0.25, 0.3) is 0 Å². The van der Waals surface area contributed by atoms with E-state index in [0.29, 0.717) is 5.57 Å². The van der Waals surface area contributed by atoms with Crippen molar-refractivity contribution in [1.29, 1.82) is 0 Å². The molecule has 0 bridgehead atoms. The lowest BCUT2D eigenvalue weighted by Gasteiger charge is -2.01. The molecule has 1 unspecified atom stereocenters. The molecule has 0 aromatic heterocycles. The Morgan fingerprint density at radius 3 is 2.62 bits per heavy atom. The molecule has 1 saturated heterocycles. The highest BCUT2D eigenvalue weighted by Crippen LogP contribution is 2.15. The van der Waals surface area contributed by atoms with Gasteiger partial charge in [0.05, 0.1) is 6.10 Å². The zero-order chi connectivity index (χ0) is 6.15. The van der Waals surface area contributed by atoms with Crippen molar-refractivity contribution in [3.05, 3.63) is 18.6 Å². The fourth-order valence-electron chi connectivity index (χ4n) is 0.630. The van der Waals surface area contributed by atoms with E-state index in [1.54, 1.807) is 13.3 Å². The third-order valence-corrected chi connectivity index (χ3v) is 0.991. The highest BCUT2D eigenvalue weighted by atomic mass is 16.5. The number of hydrogen-bond acceptors (Lipinski definition) is 2. The van der Waals surface area contributed by atoms with Gasteiger partial charge in [0.2, 0.25) is 5.97 Å². The Hall–Kier alpha value is -0.920. The molecule has 8 heavy (non-hydrogen) atoms. The lowest BCUT2D eigenvalue weighted by atomic mass is 10.2. The maximum atomic E-state index is 10.4. The summed E-state index contributed by atoms with van der Waals surface area (Å²) in [7, 11) is 0. The van der Waals surface area contributed by atoms with Gasteiger partial charge < -0.3 is 9.53 Å². The average Bonchev–Trinajstić information content (AvgIpc) is 1.85. The second kappa shape index (κ2) is 1.54. The molecule has 1 aliphatic heterocycles. The topological polar surface area (TPSA) is 26.3 Å².